The van der Waals surface area contributed by atoms with E-state index >= 15 is 0 Å². The van der Waals surface area contributed by atoms with E-state index in [1.165, 1.54) is 0 Å². The number of nitriles is 2. The van der Waals surface area contributed by atoms with Gasteiger partial charge in [0.15, 0.2) is 28.5 Å². The van der Waals surface area contributed by atoms with Gasteiger partial charge in [-0.1, -0.05) is 6.57 Å². The monoisotopic (exact) mass is 483 g/mol. The summed E-state index contributed by atoms with van der Waals surface area (Å²) in [5.41, 5.74) is -3.24. The zero-order valence-corrected chi connectivity index (χ0v) is 18.5. The number of esters is 3. The molecule has 0 aliphatic heterocycles. The smallest absolute Gasteiger partial charge is 0.359 e. The van der Waals surface area contributed by atoms with Gasteiger partial charge in [-0.15, -0.1) is 4.98 Å². The van der Waals surface area contributed by atoms with E-state index in [-0.39, 0.29) is 33.1 Å². The van der Waals surface area contributed by atoms with Crippen molar-refractivity contribution in [2.45, 2.75) is 0 Å². The van der Waals surface area contributed by atoms with Crippen LogP contribution in [-0.4, -0.2) is 69.1 Å². The number of carbonyl (C=O) groups excluding carboxylic acids is 3. The number of methoxy groups -OCH3 is 3. The highest BCUT2D eigenvalue weighted by Gasteiger charge is 2.29. The van der Waals surface area contributed by atoms with Gasteiger partial charge in [-0.05, 0) is 0 Å². The predicted octanol–water partition coefficient (Wildman–Crippen LogP) is 1.17. The molecule has 3 aromatic heterocycles. The van der Waals surface area contributed by atoms with E-state index in [2.05, 4.69) is 49.0 Å². The topological polar surface area (TPSA) is 208 Å². The lowest BCUT2D eigenvalue weighted by atomic mass is 10.1. The van der Waals surface area contributed by atoms with Crippen LogP contribution in [0.3, 0.4) is 0 Å². The molecule has 0 saturated heterocycles. The van der Waals surface area contributed by atoms with Crippen molar-refractivity contribution in [3.63, 3.8) is 0 Å². The number of hydrogen-bond donors (Lipinski definition) is 0. The third kappa shape index (κ3) is 3.39. The highest BCUT2D eigenvalue weighted by molar-refractivity contribution is 6.19. The number of ether oxygens (including phenoxy) is 3. The van der Waals surface area contributed by atoms with Crippen molar-refractivity contribution < 1.29 is 28.6 Å². The fraction of sp³-hybridized carbons (Fsp3) is 0.143. The van der Waals surface area contributed by atoms with E-state index in [9.17, 15) is 24.9 Å². The summed E-state index contributed by atoms with van der Waals surface area (Å²) < 4.78 is 14.0. The van der Waals surface area contributed by atoms with Crippen LogP contribution in [-0.2, 0) is 14.2 Å². The van der Waals surface area contributed by atoms with Crippen molar-refractivity contribution in [1.29, 1.82) is 10.5 Å². The number of nitrogens with zero attached hydrogens (tertiary/aromatic N) is 9. The number of aromatic nitrogens is 6. The maximum Gasteiger partial charge on any atom is 0.359 e. The van der Waals surface area contributed by atoms with Crippen molar-refractivity contribution in [3.8, 4) is 12.1 Å². The van der Waals surface area contributed by atoms with E-state index < -0.39 is 52.2 Å². The first-order valence-corrected chi connectivity index (χ1v) is 9.53. The van der Waals surface area contributed by atoms with Crippen LogP contribution >= 0.6 is 0 Å². The molecule has 0 aliphatic rings. The number of fused-ring (bicyclic) bond motifs is 6. The first-order valence-electron chi connectivity index (χ1n) is 9.53. The van der Waals surface area contributed by atoms with E-state index in [0.717, 1.165) is 21.3 Å². The molecule has 36 heavy (non-hydrogen) atoms. The van der Waals surface area contributed by atoms with Gasteiger partial charge in [0, 0.05) is 0 Å². The molecule has 0 unspecified atom stereocenters. The maximum absolute atomic E-state index is 12.3. The van der Waals surface area contributed by atoms with Crippen LogP contribution in [0.15, 0.2) is 0 Å². The summed E-state index contributed by atoms with van der Waals surface area (Å²) in [6.07, 6.45) is 0. The Hall–Kier alpha value is -5.88. The van der Waals surface area contributed by atoms with Crippen molar-refractivity contribution in [1.82, 2.24) is 29.9 Å². The normalized spacial score (nSPS) is 10.3. The third-order valence-electron chi connectivity index (χ3n) is 4.80. The Bertz CT molecular complexity index is 1560. The Balaban J connectivity index is 2.35. The van der Waals surface area contributed by atoms with Crippen LogP contribution < -0.4 is 0 Å². The van der Waals surface area contributed by atoms with E-state index in [4.69, 9.17) is 6.57 Å². The molecule has 0 aliphatic carbocycles. The second kappa shape index (κ2) is 8.81. The zero-order chi connectivity index (χ0) is 26.1. The van der Waals surface area contributed by atoms with Crippen LogP contribution in [0.25, 0.3) is 37.9 Å². The largest absolute Gasteiger partial charge is 0.465 e. The molecule has 0 bridgehead atoms. The molecule has 15 nitrogen and oxygen atoms in total. The van der Waals surface area contributed by atoms with Crippen molar-refractivity contribution in [2.75, 3.05) is 21.3 Å². The van der Waals surface area contributed by atoms with Gasteiger partial charge in [0.1, 0.15) is 39.7 Å². The summed E-state index contributed by atoms with van der Waals surface area (Å²) in [4.78, 5) is 65.0. The quantitative estimate of drug-likeness (QED) is 0.173. The first kappa shape index (κ1) is 23.3. The molecule has 4 aromatic rings. The van der Waals surface area contributed by atoms with Crippen LogP contribution in [0.1, 0.15) is 42.9 Å². The molecule has 0 N–H and O–H groups in total. The second-order valence-corrected chi connectivity index (χ2v) is 6.64. The van der Waals surface area contributed by atoms with E-state index in [1.807, 2.05) is 0 Å². The molecule has 1 aromatic carbocycles. The average molecular weight is 483 g/mol. The molecular formula is C21H9N9O6. The Morgan fingerprint density at radius 1 is 0.639 bits per heavy atom. The summed E-state index contributed by atoms with van der Waals surface area (Å²) >= 11 is 0. The molecule has 0 spiro atoms. The van der Waals surface area contributed by atoms with Gasteiger partial charge >= 0.3 is 23.7 Å². The van der Waals surface area contributed by atoms with Crippen LogP contribution in [0.4, 0.5) is 5.82 Å². The Morgan fingerprint density at radius 2 is 0.972 bits per heavy atom. The highest BCUT2D eigenvalue weighted by Crippen LogP contribution is 2.33. The number of benzene rings is 1. The van der Waals surface area contributed by atoms with Gasteiger partial charge in [0.05, 0.1) is 21.3 Å². The van der Waals surface area contributed by atoms with Crippen LogP contribution in [0.2, 0.25) is 0 Å². The molecule has 0 amide bonds. The lowest BCUT2D eigenvalue weighted by Gasteiger charge is -2.10. The summed E-state index contributed by atoms with van der Waals surface area (Å²) in [7, 11) is 3.23. The van der Waals surface area contributed by atoms with Gasteiger partial charge in [-0.3, -0.25) is 0 Å². The van der Waals surface area contributed by atoms with Gasteiger partial charge < -0.3 is 19.1 Å². The molecule has 15 heteroatoms. The summed E-state index contributed by atoms with van der Waals surface area (Å²) in [5, 5.41) is 19.1. The lowest BCUT2D eigenvalue weighted by molar-refractivity contribution is 0.0585. The van der Waals surface area contributed by atoms with Crippen molar-refractivity contribution in [2.24, 2.45) is 0 Å². The molecule has 4 rings (SSSR count). The fourth-order valence-corrected chi connectivity index (χ4v) is 3.23. The summed E-state index contributed by atoms with van der Waals surface area (Å²) in [6.45, 7) is 7.40. The summed E-state index contributed by atoms with van der Waals surface area (Å²) in [6, 6.07) is 3.46. The van der Waals surface area contributed by atoms with Gasteiger partial charge in [0.25, 0.3) is 0 Å². The molecule has 174 valence electrons. The zero-order valence-electron chi connectivity index (χ0n) is 18.5. The second-order valence-electron chi connectivity index (χ2n) is 6.64. The minimum Gasteiger partial charge on any atom is -0.465 e. The fourth-order valence-electron chi connectivity index (χ4n) is 3.23. The SMILES string of the molecule is [C-]#[N+]c1nc2c3nc(C(=O)OC)c(C#N)nc3c3nc(C(=O)OC)c(C#N)nc3c2nc1C(=O)OC. The molecule has 0 radical (unpaired) electrons. The Kier molecular flexibility index (Phi) is 5.70. The highest BCUT2D eigenvalue weighted by atomic mass is 16.5. The average Bonchev–Trinajstić information content (AvgIpc) is 2.93. The molecule has 3 heterocycles. The van der Waals surface area contributed by atoms with E-state index in [1.54, 1.807) is 12.1 Å². The minimum absolute atomic E-state index is 0.151. The number of hydrogen-bond acceptors (Lipinski definition) is 14. The standard InChI is InChI=1S/C21H9N9O6/c1-24-18-17(21(33)36-4)29-15-12-13(27-9(19(31)34-2)7(5-22)26-12)11-14(16(15)30-18)28-10(20(32)35-3)8(6-23)25-11/h2-4H3. The van der Waals surface area contributed by atoms with Crippen molar-refractivity contribution >= 4 is 56.8 Å². The van der Waals surface area contributed by atoms with E-state index in [0.29, 0.717) is 0 Å². The maximum atomic E-state index is 12.3. The molecule has 0 saturated carbocycles. The Labute approximate surface area is 199 Å². The summed E-state index contributed by atoms with van der Waals surface area (Å²) in [5.74, 6) is -3.41. The van der Waals surface area contributed by atoms with Gasteiger partial charge in [-0.25, -0.2) is 39.3 Å². The lowest BCUT2D eigenvalue weighted by Crippen LogP contribution is -2.13. The predicted molar refractivity (Wildman–Crippen MR) is 115 cm³/mol. The number of rotatable bonds is 3. The molecule has 0 fully saturated rings. The van der Waals surface area contributed by atoms with Gasteiger partial charge in [-0.2, -0.15) is 10.5 Å². The van der Waals surface area contributed by atoms with Gasteiger partial charge in [0.2, 0.25) is 5.52 Å². The van der Waals surface area contributed by atoms with Crippen LogP contribution in [0, 0.1) is 29.2 Å². The van der Waals surface area contributed by atoms with Crippen molar-refractivity contribution in [3.05, 3.63) is 39.9 Å². The first-order chi connectivity index (χ1) is 17.3. The molecule has 0 atom stereocenters. The minimum atomic E-state index is -0.987. The third-order valence-corrected chi connectivity index (χ3v) is 4.80. The molecular weight excluding hydrogens is 474 g/mol. The Morgan fingerprint density at radius 3 is 1.33 bits per heavy atom. The number of carbonyl (C=O) groups is 3. The van der Waals surface area contributed by atoms with Crippen LogP contribution in [0.5, 0.6) is 0 Å².